The van der Waals surface area contributed by atoms with Crippen molar-refractivity contribution in [2.45, 2.75) is 26.1 Å². The van der Waals surface area contributed by atoms with Gasteiger partial charge in [0.1, 0.15) is 23.9 Å². The zero-order valence-corrected chi connectivity index (χ0v) is 21.0. The van der Waals surface area contributed by atoms with Crippen LogP contribution in [0, 0.1) is 19.3 Å². The van der Waals surface area contributed by atoms with Crippen LogP contribution >= 0.6 is 0 Å². The maximum Gasteiger partial charge on any atom is 0.227 e. The molecule has 0 unspecified atom stereocenters. The van der Waals surface area contributed by atoms with Crippen molar-refractivity contribution in [2.24, 2.45) is 0 Å². The number of methoxy groups -OCH3 is 1. The van der Waals surface area contributed by atoms with Gasteiger partial charge in [0.25, 0.3) is 0 Å². The summed E-state index contributed by atoms with van der Waals surface area (Å²) >= 11 is 0. The molecular formula is C29H31N3O5. The smallest absolute Gasteiger partial charge is 0.227 e. The average molecular weight is 502 g/mol. The third-order valence-corrected chi connectivity index (χ3v) is 5.72. The summed E-state index contributed by atoms with van der Waals surface area (Å²) in [5.41, 5.74) is 2.58. The Morgan fingerprint density at radius 1 is 1.05 bits per heavy atom. The van der Waals surface area contributed by atoms with Gasteiger partial charge in [-0.2, -0.15) is 5.10 Å². The highest BCUT2D eigenvalue weighted by Crippen LogP contribution is 2.32. The molecule has 0 aliphatic heterocycles. The third kappa shape index (κ3) is 7.02. The minimum atomic E-state index is -0.737. The summed E-state index contributed by atoms with van der Waals surface area (Å²) in [6, 6.07) is 21.0. The number of benzene rings is 2. The normalized spacial score (nSPS) is 11.9. The summed E-state index contributed by atoms with van der Waals surface area (Å²) in [7, 11) is 1.63. The van der Waals surface area contributed by atoms with Gasteiger partial charge in [-0.05, 0) is 55.5 Å². The maximum absolute atomic E-state index is 10.6. The van der Waals surface area contributed by atoms with Gasteiger partial charge in [-0.1, -0.05) is 24.1 Å². The number of para-hydroxylation sites is 1. The van der Waals surface area contributed by atoms with E-state index in [9.17, 15) is 5.11 Å². The van der Waals surface area contributed by atoms with E-state index in [1.165, 1.54) is 0 Å². The zero-order valence-electron chi connectivity index (χ0n) is 21.0. The fraction of sp³-hybridized carbons (Fsp3) is 0.276. The second-order valence-electron chi connectivity index (χ2n) is 8.52. The summed E-state index contributed by atoms with van der Waals surface area (Å²) in [5.74, 6) is 5.19. The molecule has 37 heavy (non-hydrogen) atoms. The molecule has 8 heteroatoms. The Balaban J connectivity index is 1.66. The Hall–Kier alpha value is -4.03. The molecule has 4 aromatic rings. The first kappa shape index (κ1) is 26.0. The van der Waals surface area contributed by atoms with Crippen molar-refractivity contribution < 1.29 is 23.7 Å². The standard InChI is InChI=1S/C29H31N3O5/c1-4-16-35-21-24(33)18-31(19-27-11-8-17-36-27)20-28-22(2)30-32(23-9-6-5-7-10-23)29(28)37-26-14-12-25(34-3)13-15-26/h1,5-15,17,24,33H,16,18-21H2,2-3H3/t24-/m0/s1. The molecule has 8 nitrogen and oxygen atoms in total. The summed E-state index contributed by atoms with van der Waals surface area (Å²) < 4.78 is 24.4. The number of aromatic nitrogens is 2. The van der Waals surface area contributed by atoms with Gasteiger partial charge in [0.2, 0.25) is 5.88 Å². The minimum absolute atomic E-state index is 0.135. The second kappa shape index (κ2) is 12.8. The molecule has 192 valence electrons. The van der Waals surface area contributed by atoms with E-state index in [4.69, 9.17) is 30.1 Å². The topological polar surface area (TPSA) is 82.1 Å². The van der Waals surface area contributed by atoms with Crippen molar-refractivity contribution in [3.8, 4) is 35.4 Å². The number of terminal acetylenes is 1. The SMILES string of the molecule is C#CCOC[C@@H](O)CN(Cc1ccco1)Cc1c(C)nn(-c2ccccc2)c1Oc1ccc(OC)cc1. The van der Waals surface area contributed by atoms with Crippen LogP contribution < -0.4 is 9.47 Å². The van der Waals surface area contributed by atoms with Gasteiger partial charge >= 0.3 is 0 Å². The van der Waals surface area contributed by atoms with Gasteiger partial charge in [-0.3, -0.25) is 4.90 Å². The lowest BCUT2D eigenvalue weighted by molar-refractivity contribution is 0.0228. The van der Waals surface area contributed by atoms with Gasteiger partial charge in [0, 0.05) is 13.1 Å². The first-order valence-corrected chi connectivity index (χ1v) is 12.0. The van der Waals surface area contributed by atoms with Crippen LogP contribution in [-0.4, -0.2) is 52.8 Å². The van der Waals surface area contributed by atoms with E-state index in [1.807, 2.05) is 73.7 Å². The number of hydrogen-bond donors (Lipinski definition) is 1. The van der Waals surface area contributed by atoms with Crippen molar-refractivity contribution in [3.05, 3.63) is 90.0 Å². The van der Waals surface area contributed by atoms with Crippen molar-refractivity contribution in [1.82, 2.24) is 14.7 Å². The number of aliphatic hydroxyl groups is 1. The zero-order chi connectivity index (χ0) is 26.0. The summed E-state index contributed by atoms with van der Waals surface area (Å²) in [5, 5.41) is 15.4. The average Bonchev–Trinajstić information content (AvgIpc) is 3.53. The molecule has 0 amide bonds. The van der Waals surface area contributed by atoms with Crippen molar-refractivity contribution >= 4 is 0 Å². The molecule has 0 spiro atoms. The van der Waals surface area contributed by atoms with Gasteiger partial charge in [0.15, 0.2) is 0 Å². The summed E-state index contributed by atoms with van der Waals surface area (Å²) in [6.07, 6.45) is 6.16. The molecule has 2 heterocycles. The van der Waals surface area contributed by atoms with Crippen LogP contribution in [0.3, 0.4) is 0 Å². The predicted octanol–water partition coefficient (Wildman–Crippen LogP) is 4.59. The van der Waals surface area contributed by atoms with Crippen LogP contribution in [0.1, 0.15) is 17.0 Å². The van der Waals surface area contributed by atoms with E-state index in [0.717, 1.165) is 28.5 Å². The monoisotopic (exact) mass is 501 g/mol. The van der Waals surface area contributed by atoms with Crippen molar-refractivity contribution in [1.29, 1.82) is 0 Å². The van der Waals surface area contributed by atoms with Crippen LogP contribution in [0.2, 0.25) is 0 Å². The van der Waals surface area contributed by atoms with Crippen LogP contribution in [0.5, 0.6) is 17.4 Å². The minimum Gasteiger partial charge on any atom is -0.497 e. The van der Waals surface area contributed by atoms with Gasteiger partial charge in [-0.25, -0.2) is 4.68 Å². The highest BCUT2D eigenvalue weighted by Gasteiger charge is 2.23. The first-order valence-electron chi connectivity index (χ1n) is 12.0. The Morgan fingerprint density at radius 2 is 1.81 bits per heavy atom. The highest BCUT2D eigenvalue weighted by atomic mass is 16.5. The molecule has 0 fully saturated rings. The number of hydrogen-bond acceptors (Lipinski definition) is 7. The molecule has 0 radical (unpaired) electrons. The van der Waals surface area contributed by atoms with Crippen LogP contribution in [0.15, 0.2) is 77.4 Å². The number of aliphatic hydroxyl groups excluding tert-OH is 1. The maximum atomic E-state index is 10.6. The van der Waals surface area contributed by atoms with E-state index in [2.05, 4.69) is 10.8 Å². The molecule has 0 saturated carbocycles. The van der Waals surface area contributed by atoms with Crippen LogP contribution in [0.4, 0.5) is 0 Å². The molecule has 1 atom stereocenters. The molecular weight excluding hydrogens is 470 g/mol. The Morgan fingerprint density at radius 3 is 2.49 bits per heavy atom. The molecule has 0 aliphatic rings. The number of ether oxygens (including phenoxy) is 3. The van der Waals surface area contributed by atoms with E-state index < -0.39 is 6.10 Å². The van der Waals surface area contributed by atoms with E-state index in [0.29, 0.717) is 31.3 Å². The van der Waals surface area contributed by atoms with E-state index in [1.54, 1.807) is 18.1 Å². The lowest BCUT2D eigenvalue weighted by Gasteiger charge is -2.24. The largest absolute Gasteiger partial charge is 0.497 e. The second-order valence-corrected chi connectivity index (χ2v) is 8.52. The highest BCUT2D eigenvalue weighted by molar-refractivity contribution is 5.44. The van der Waals surface area contributed by atoms with E-state index >= 15 is 0 Å². The van der Waals surface area contributed by atoms with Gasteiger partial charge in [-0.15, -0.1) is 6.42 Å². The fourth-order valence-electron chi connectivity index (χ4n) is 3.96. The predicted molar refractivity (Wildman–Crippen MR) is 140 cm³/mol. The number of furan rings is 1. The van der Waals surface area contributed by atoms with Gasteiger partial charge < -0.3 is 23.7 Å². The number of rotatable bonds is 13. The Bertz CT molecular complexity index is 1280. The molecule has 0 aliphatic carbocycles. The molecule has 2 aromatic heterocycles. The lowest BCUT2D eigenvalue weighted by Crippen LogP contribution is -2.34. The summed E-state index contributed by atoms with van der Waals surface area (Å²) in [4.78, 5) is 2.07. The van der Waals surface area contributed by atoms with E-state index in [-0.39, 0.29) is 13.2 Å². The van der Waals surface area contributed by atoms with Gasteiger partial charge in [0.05, 0.1) is 49.6 Å². The van der Waals surface area contributed by atoms with Crippen LogP contribution in [-0.2, 0) is 17.8 Å². The summed E-state index contributed by atoms with van der Waals surface area (Å²) in [6.45, 7) is 3.51. The Labute approximate surface area is 217 Å². The Kier molecular flexibility index (Phi) is 9.00. The van der Waals surface area contributed by atoms with Crippen molar-refractivity contribution in [2.75, 3.05) is 26.9 Å². The molecule has 0 saturated heterocycles. The molecule has 0 bridgehead atoms. The first-order chi connectivity index (χ1) is 18.1. The molecule has 2 aromatic carbocycles. The molecule has 4 rings (SSSR count). The molecule has 1 N–H and O–H groups in total. The fourth-order valence-corrected chi connectivity index (χ4v) is 3.96. The quantitative estimate of drug-likeness (QED) is 0.212. The number of nitrogens with zero attached hydrogens (tertiary/aromatic N) is 3. The lowest BCUT2D eigenvalue weighted by atomic mass is 10.2. The third-order valence-electron chi connectivity index (χ3n) is 5.72. The number of aryl methyl sites for hydroxylation is 1. The van der Waals surface area contributed by atoms with Crippen LogP contribution in [0.25, 0.3) is 5.69 Å². The van der Waals surface area contributed by atoms with Crippen molar-refractivity contribution in [3.63, 3.8) is 0 Å².